The average Bonchev–Trinajstić information content (AvgIpc) is 2.28. The van der Waals surface area contributed by atoms with Gasteiger partial charge in [0.2, 0.25) is 0 Å². The van der Waals surface area contributed by atoms with Crippen LogP contribution in [0.1, 0.15) is 32.1 Å². The lowest BCUT2D eigenvalue weighted by Gasteiger charge is -2.39. The van der Waals surface area contributed by atoms with E-state index in [2.05, 4.69) is 0 Å². The van der Waals surface area contributed by atoms with Gasteiger partial charge in [0.1, 0.15) is 0 Å². The van der Waals surface area contributed by atoms with Crippen LogP contribution >= 0.6 is 0 Å². The highest BCUT2D eigenvalue weighted by molar-refractivity contribution is 6.06. The van der Waals surface area contributed by atoms with Crippen LogP contribution in [0.2, 0.25) is 0 Å². The Morgan fingerprint density at radius 3 is 2.25 bits per heavy atom. The van der Waals surface area contributed by atoms with Crippen molar-refractivity contribution in [3.63, 3.8) is 0 Å². The molecular weight excluding hydrogens is 208 g/mol. The van der Waals surface area contributed by atoms with Crippen LogP contribution in [0.3, 0.4) is 0 Å². The number of carbonyl (C=O) groups is 2. The first-order valence-corrected chi connectivity index (χ1v) is 5.91. The zero-order valence-corrected chi connectivity index (χ0v) is 9.66. The largest absolute Gasteiger partial charge is 0.468 e. The van der Waals surface area contributed by atoms with Crippen molar-refractivity contribution in [3.05, 3.63) is 0 Å². The van der Waals surface area contributed by atoms with E-state index in [1.54, 1.807) is 0 Å². The van der Waals surface area contributed by atoms with E-state index in [0.717, 1.165) is 25.7 Å². The predicted molar refractivity (Wildman–Crippen MR) is 56.9 cm³/mol. The van der Waals surface area contributed by atoms with Gasteiger partial charge >= 0.3 is 5.97 Å². The van der Waals surface area contributed by atoms with Crippen LogP contribution < -0.4 is 0 Å². The molecule has 0 spiro atoms. The third-order valence-electron chi connectivity index (χ3n) is 3.72. The van der Waals surface area contributed by atoms with E-state index >= 15 is 0 Å². The molecule has 0 N–H and O–H groups in total. The predicted octanol–water partition coefficient (Wildman–Crippen LogP) is 1.33. The van der Waals surface area contributed by atoms with E-state index < -0.39 is 11.4 Å². The van der Waals surface area contributed by atoms with Crippen molar-refractivity contribution in [2.45, 2.75) is 32.1 Å². The zero-order chi connectivity index (χ0) is 11.6. The monoisotopic (exact) mass is 226 g/mol. The smallest absolute Gasteiger partial charge is 0.324 e. The molecule has 1 saturated heterocycles. The molecule has 4 nitrogen and oxygen atoms in total. The van der Waals surface area contributed by atoms with Crippen LogP contribution in [-0.4, -0.2) is 32.1 Å². The topological polar surface area (TPSA) is 52.6 Å². The van der Waals surface area contributed by atoms with Gasteiger partial charge in [-0.15, -0.1) is 0 Å². The van der Waals surface area contributed by atoms with Gasteiger partial charge in [-0.25, -0.2) is 0 Å². The fraction of sp³-hybridized carbons (Fsp3) is 0.833. The minimum Gasteiger partial charge on any atom is -0.468 e. The van der Waals surface area contributed by atoms with Gasteiger partial charge in [0.25, 0.3) is 0 Å². The van der Waals surface area contributed by atoms with E-state index in [0.29, 0.717) is 0 Å². The third-order valence-corrected chi connectivity index (χ3v) is 3.72. The summed E-state index contributed by atoms with van der Waals surface area (Å²) in [4.78, 5) is 24.0. The van der Waals surface area contributed by atoms with E-state index in [-0.39, 0.29) is 24.9 Å². The number of rotatable bonds is 3. The molecule has 16 heavy (non-hydrogen) atoms. The molecule has 0 amide bonds. The maximum absolute atomic E-state index is 12.3. The number of hydrogen-bond acceptors (Lipinski definition) is 4. The van der Waals surface area contributed by atoms with Crippen molar-refractivity contribution in [1.82, 2.24) is 0 Å². The van der Waals surface area contributed by atoms with Gasteiger partial charge in [-0.3, -0.25) is 9.59 Å². The van der Waals surface area contributed by atoms with Crippen molar-refractivity contribution in [3.8, 4) is 0 Å². The van der Waals surface area contributed by atoms with Gasteiger partial charge < -0.3 is 9.47 Å². The van der Waals surface area contributed by atoms with Gasteiger partial charge in [-0.1, -0.05) is 19.3 Å². The SMILES string of the molecule is COC(=O)C1(C(=O)C2CCCCC2)COC1. The molecule has 2 rings (SSSR count). The van der Waals surface area contributed by atoms with Gasteiger partial charge in [-0.2, -0.15) is 0 Å². The zero-order valence-electron chi connectivity index (χ0n) is 9.66. The second kappa shape index (κ2) is 4.53. The lowest BCUT2D eigenvalue weighted by molar-refractivity contribution is -0.189. The molecule has 4 heteroatoms. The maximum Gasteiger partial charge on any atom is 0.324 e. The van der Waals surface area contributed by atoms with Crippen LogP contribution in [0.25, 0.3) is 0 Å². The standard InChI is InChI=1S/C12H18O4/c1-15-11(14)12(7-16-8-12)10(13)9-5-3-2-4-6-9/h9H,2-8H2,1H3. The van der Waals surface area contributed by atoms with E-state index in [9.17, 15) is 9.59 Å². The van der Waals surface area contributed by atoms with Crippen molar-refractivity contribution in [2.24, 2.45) is 11.3 Å². The van der Waals surface area contributed by atoms with Crippen LogP contribution in [0.15, 0.2) is 0 Å². The summed E-state index contributed by atoms with van der Waals surface area (Å²) in [6.45, 7) is 0.407. The Kier molecular flexibility index (Phi) is 3.28. The highest BCUT2D eigenvalue weighted by Crippen LogP contribution is 2.37. The minimum absolute atomic E-state index is 0.0387. The summed E-state index contributed by atoms with van der Waals surface area (Å²) < 4.78 is 9.78. The molecule has 1 saturated carbocycles. The Morgan fingerprint density at radius 2 is 1.81 bits per heavy atom. The molecule has 0 unspecified atom stereocenters. The Labute approximate surface area is 95.3 Å². The molecule has 1 aliphatic carbocycles. The molecule has 1 heterocycles. The molecule has 0 bridgehead atoms. The Hall–Kier alpha value is -0.900. The molecule has 2 aliphatic rings. The van der Waals surface area contributed by atoms with Gasteiger partial charge in [-0.05, 0) is 12.8 Å². The first-order valence-electron chi connectivity index (χ1n) is 5.91. The fourth-order valence-corrected chi connectivity index (χ4v) is 2.62. The summed E-state index contributed by atoms with van der Waals surface area (Å²) in [5, 5.41) is 0. The number of carbonyl (C=O) groups excluding carboxylic acids is 2. The lowest BCUT2D eigenvalue weighted by atomic mass is 9.72. The van der Waals surface area contributed by atoms with Crippen molar-refractivity contribution in [1.29, 1.82) is 0 Å². The molecule has 90 valence electrons. The quantitative estimate of drug-likeness (QED) is 0.538. The second-order valence-electron chi connectivity index (χ2n) is 4.77. The number of methoxy groups -OCH3 is 1. The highest BCUT2D eigenvalue weighted by Gasteiger charge is 2.55. The Morgan fingerprint density at radius 1 is 1.19 bits per heavy atom. The lowest BCUT2D eigenvalue weighted by Crippen LogP contribution is -2.57. The highest BCUT2D eigenvalue weighted by atomic mass is 16.5. The van der Waals surface area contributed by atoms with Crippen LogP contribution in [-0.2, 0) is 19.1 Å². The molecule has 0 aromatic rings. The number of ether oxygens (including phenoxy) is 2. The summed E-state index contributed by atoms with van der Waals surface area (Å²) >= 11 is 0. The third kappa shape index (κ3) is 1.75. The van der Waals surface area contributed by atoms with Gasteiger partial charge in [0, 0.05) is 5.92 Å². The van der Waals surface area contributed by atoms with Crippen molar-refractivity contribution in [2.75, 3.05) is 20.3 Å². The van der Waals surface area contributed by atoms with Crippen LogP contribution in [0.4, 0.5) is 0 Å². The molecule has 0 atom stereocenters. The first kappa shape index (κ1) is 11.6. The molecule has 0 radical (unpaired) electrons. The van der Waals surface area contributed by atoms with E-state index in [1.807, 2.05) is 0 Å². The molecule has 0 aromatic carbocycles. The van der Waals surface area contributed by atoms with Gasteiger partial charge in [0.15, 0.2) is 11.2 Å². The number of hydrogen-bond donors (Lipinski definition) is 0. The molecule has 1 aliphatic heterocycles. The summed E-state index contributed by atoms with van der Waals surface area (Å²) in [5.41, 5.74) is -0.975. The summed E-state index contributed by atoms with van der Waals surface area (Å²) in [6, 6.07) is 0. The summed E-state index contributed by atoms with van der Waals surface area (Å²) in [5.74, 6) is -0.337. The maximum atomic E-state index is 12.3. The van der Waals surface area contributed by atoms with Crippen molar-refractivity contribution < 1.29 is 19.1 Å². The van der Waals surface area contributed by atoms with E-state index in [4.69, 9.17) is 9.47 Å². The first-order chi connectivity index (χ1) is 7.70. The van der Waals surface area contributed by atoms with Gasteiger partial charge in [0.05, 0.1) is 20.3 Å². The Bertz CT molecular complexity index is 287. The van der Waals surface area contributed by atoms with Crippen LogP contribution in [0.5, 0.6) is 0 Å². The van der Waals surface area contributed by atoms with Crippen LogP contribution in [0, 0.1) is 11.3 Å². The minimum atomic E-state index is -0.975. The van der Waals surface area contributed by atoms with E-state index in [1.165, 1.54) is 13.5 Å². The number of ketones is 1. The number of Topliss-reactive ketones (excluding diaryl/α,β-unsaturated/α-hetero) is 1. The molecule has 2 fully saturated rings. The summed E-state index contributed by atoms with van der Waals surface area (Å²) in [7, 11) is 1.33. The van der Waals surface area contributed by atoms with Crippen molar-refractivity contribution >= 4 is 11.8 Å². The molecule has 0 aromatic heterocycles. The second-order valence-corrected chi connectivity index (χ2v) is 4.77. The Balaban J connectivity index is 2.08. The average molecular weight is 226 g/mol. The summed E-state index contributed by atoms with van der Waals surface area (Å²) in [6.07, 6.45) is 5.21. The molecular formula is C12H18O4. The normalized spacial score (nSPS) is 24.6. The number of esters is 1. The fourth-order valence-electron chi connectivity index (χ4n) is 2.62.